The van der Waals surface area contributed by atoms with E-state index in [4.69, 9.17) is 13.9 Å². The number of furan rings is 1. The normalized spacial score (nSPS) is 11.5. The molecule has 0 unspecified atom stereocenters. The van der Waals surface area contributed by atoms with Gasteiger partial charge in [-0.25, -0.2) is 21.6 Å². The number of anilines is 2. The van der Waals surface area contributed by atoms with Gasteiger partial charge in [-0.2, -0.15) is 0 Å². The van der Waals surface area contributed by atoms with Crippen LogP contribution in [0.15, 0.2) is 99.3 Å². The number of para-hydroxylation sites is 2. The zero-order valence-corrected chi connectivity index (χ0v) is 22.5. The van der Waals surface area contributed by atoms with Gasteiger partial charge in [0.2, 0.25) is 10.0 Å². The molecule has 3 N–H and O–H groups in total. The lowest BCUT2D eigenvalue weighted by molar-refractivity contribution is 0.102. The van der Waals surface area contributed by atoms with Crippen molar-refractivity contribution >= 4 is 37.3 Å². The van der Waals surface area contributed by atoms with Crippen molar-refractivity contribution in [2.45, 2.75) is 16.3 Å². The molecule has 11 nitrogen and oxygen atoms in total. The summed E-state index contributed by atoms with van der Waals surface area (Å²) in [6.45, 7) is -0.0253. The average molecular weight is 572 g/mol. The predicted molar refractivity (Wildman–Crippen MR) is 144 cm³/mol. The van der Waals surface area contributed by atoms with Crippen LogP contribution >= 0.6 is 0 Å². The van der Waals surface area contributed by atoms with Gasteiger partial charge < -0.3 is 19.2 Å². The minimum Gasteiger partial charge on any atom is -0.495 e. The fourth-order valence-electron chi connectivity index (χ4n) is 3.53. The van der Waals surface area contributed by atoms with E-state index in [0.717, 1.165) is 0 Å². The molecule has 39 heavy (non-hydrogen) atoms. The Morgan fingerprint density at radius 1 is 0.769 bits per heavy atom. The molecule has 1 heterocycles. The topological polar surface area (TPSA) is 153 Å². The molecule has 0 radical (unpaired) electrons. The summed E-state index contributed by atoms with van der Waals surface area (Å²) in [6, 6.07) is 19.1. The summed E-state index contributed by atoms with van der Waals surface area (Å²) in [6.07, 6.45) is 1.44. The summed E-state index contributed by atoms with van der Waals surface area (Å²) in [5.41, 5.74) is 0.486. The first-order valence-corrected chi connectivity index (χ1v) is 14.4. The molecule has 13 heteroatoms. The zero-order chi connectivity index (χ0) is 28.0. The number of methoxy groups -OCH3 is 2. The predicted octanol–water partition coefficient (Wildman–Crippen LogP) is 3.83. The molecule has 4 aromatic rings. The Hall–Kier alpha value is -4.33. The van der Waals surface area contributed by atoms with Crippen LogP contribution in [0, 0.1) is 0 Å². The van der Waals surface area contributed by atoms with Crippen molar-refractivity contribution in [3.05, 3.63) is 96.4 Å². The molecule has 0 aliphatic heterocycles. The molecule has 4 rings (SSSR count). The maximum absolute atomic E-state index is 13.0. The second-order valence-electron chi connectivity index (χ2n) is 8.05. The van der Waals surface area contributed by atoms with Crippen LogP contribution in [-0.4, -0.2) is 37.0 Å². The van der Waals surface area contributed by atoms with E-state index in [0.29, 0.717) is 11.5 Å². The summed E-state index contributed by atoms with van der Waals surface area (Å²) >= 11 is 0. The molecule has 0 atom stereocenters. The van der Waals surface area contributed by atoms with Crippen molar-refractivity contribution in [2.24, 2.45) is 0 Å². The number of benzene rings is 3. The van der Waals surface area contributed by atoms with Gasteiger partial charge in [-0.15, -0.1) is 0 Å². The number of sulfonamides is 2. The molecule has 204 valence electrons. The Balaban J connectivity index is 1.51. The van der Waals surface area contributed by atoms with Gasteiger partial charge >= 0.3 is 0 Å². The van der Waals surface area contributed by atoms with E-state index in [-0.39, 0.29) is 39.0 Å². The number of hydrogen-bond acceptors (Lipinski definition) is 8. The number of amides is 1. The molecule has 0 fully saturated rings. The third-order valence-corrected chi connectivity index (χ3v) is 8.30. The molecule has 0 aliphatic rings. The third-order valence-electron chi connectivity index (χ3n) is 5.52. The van der Waals surface area contributed by atoms with E-state index in [2.05, 4.69) is 14.8 Å². The fourth-order valence-corrected chi connectivity index (χ4v) is 5.62. The van der Waals surface area contributed by atoms with E-state index in [1.54, 1.807) is 36.4 Å². The second-order valence-corrected chi connectivity index (χ2v) is 11.5. The fraction of sp³-hybridized carbons (Fsp3) is 0.115. The maximum atomic E-state index is 13.0. The Kier molecular flexibility index (Phi) is 8.24. The molecule has 0 spiro atoms. The van der Waals surface area contributed by atoms with Crippen LogP contribution < -0.4 is 24.2 Å². The number of carbonyl (C=O) groups excluding carboxylic acids is 1. The molecule has 3 aromatic carbocycles. The molecule has 0 saturated heterocycles. The third kappa shape index (κ3) is 6.57. The summed E-state index contributed by atoms with van der Waals surface area (Å²) in [7, 11) is -5.10. The Bertz CT molecular complexity index is 1670. The summed E-state index contributed by atoms with van der Waals surface area (Å²) < 4.78 is 71.7. The smallest absolute Gasteiger partial charge is 0.262 e. The summed E-state index contributed by atoms with van der Waals surface area (Å²) in [5, 5.41) is 2.62. The highest BCUT2D eigenvalue weighted by Gasteiger charge is 2.20. The highest BCUT2D eigenvalue weighted by atomic mass is 32.2. The zero-order valence-electron chi connectivity index (χ0n) is 20.9. The number of nitrogens with one attached hydrogen (secondary N) is 3. The van der Waals surface area contributed by atoms with Gasteiger partial charge in [0, 0.05) is 5.56 Å². The lowest BCUT2D eigenvalue weighted by Gasteiger charge is -2.15. The van der Waals surface area contributed by atoms with Gasteiger partial charge in [0.1, 0.15) is 17.3 Å². The monoisotopic (exact) mass is 571 g/mol. The van der Waals surface area contributed by atoms with Crippen LogP contribution in [0.5, 0.6) is 11.5 Å². The minimum absolute atomic E-state index is 0.0253. The van der Waals surface area contributed by atoms with Crippen molar-refractivity contribution in [1.29, 1.82) is 0 Å². The average Bonchev–Trinajstić information content (AvgIpc) is 3.46. The molecule has 0 bridgehead atoms. The number of rotatable bonds is 11. The van der Waals surface area contributed by atoms with Gasteiger partial charge in [-0.3, -0.25) is 9.52 Å². The lowest BCUT2D eigenvalue weighted by Crippen LogP contribution is -2.23. The van der Waals surface area contributed by atoms with Crippen molar-refractivity contribution in [1.82, 2.24) is 4.72 Å². The van der Waals surface area contributed by atoms with Crippen molar-refractivity contribution in [2.75, 3.05) is 24.3 Å². The van der Waals surface area contributed by atoms with E-state index >= 15 is 0 Å². The summed E-state index contributed by atoms with van der Waals surface area (Å²) in [4.78, 5) is 12.8. The Morgan fingerprint density at radius 3 is 2.10 bits per heavy atom. The Morgan fingerprint density at radius 2 is 1.44 bits per heavy atom. The van der Waals surface area contributed by atoms with Crippen LogP contribution in [0.1, 0.15) is 16.1 Å². The maximum Gasteiger partial charge on any atom is 0.262 e. The number of carbonyl (C=O) groups is 1. The van der Waals surface area contributed by atoms with Crippen LogP contribution in [-0.2, 0) is 26.6 Å². The van der Waals surface area contributed by atoms with E-state index in [9.17, 15) is 21.6 Å². The highest BCUT2D eigenvalue weighted by Crippen LogP contribution is 2.31. The standard InChI is InChI=1S/C26H25N3O8S2/c1-35-24-8-4-3-7-22(24)29-39(33,34)21-13-14-25(36-2)23(16-21)28-26(30)18-9-11-20(12-10-18)38(31,32)27-17-19-6-5-15-37-19/h3-16,27,29H,17H2,1-2H3,(H,28,30). The second kappa shape index (κ2) is 11.6. The lowest BCUT2D eigenvalue weighted by atomic mass is 10.2. The number of ether oxygens (including phenoxy) is 2. The Labute approximate surface area is 225 Å². The number of hydrogen-bond donors (Lipinski definition) is 3. The van der Waals surface area contributed by atoms with Gasteiger partial charge in [0.25, 0.3) is 15.9 Å². The molecular formula is C26H25N3O8S2. The van der Waals surface area contributed by atoms with Crippen LogP contribution in [0.2, 0.25) is 0 Å². The van der Waals surface area contributed by atoms with E-state index < -0.39 is 26.0 Å². The van der Waals surface area contributed by atoms with Crippen molar-refractivity contribution in [3.63, 3.8) is 0 Å². The quantitative estimate of drug-likeness (QED) is 0.246. The molecular weight excluding hydrogens is 546 g/mol. The van der Waals surface area contributed by atoms with Crippen LogP contribution in [0.4, 0.5) is 11.4 Å². The van der Waals surface area contributed by atoms with Crippen LogP contribution in [0.3, 0.4) is 0 Å². The highest BCUT2D eigenvalue weighted by molar-refractivity contribution is 7.92. The molecule has 1 aromatic heterocycles. The molecule has 0 saturated carbocycles. The van der Waals surface area contributed by atoms with E-state index in [1.807, 2.05) is 0 Å². The minimum atomic E-state index is -4.05. The molecule has 0 aliphatic carbocycles. The van der Waals surface area contributed by atoms with Crippen molar-refractivity contribution in [3.8, 4) is 11.5 Å². The van der Waals surface area contributed by atoms with Gasteiger partial charge in [0.15, 0.2) is 0 Å². The van der Waals surface area contributed by atoms with E-state index in [1.165, 1.54) is 62.9 Å². The first kappa shape index (κ1) is 27.7. The first-order chi connectivity index (χ1) is 18.6. The van der Waals surface area contributed by atoms with Gasteiger partial charge in [-0.1, -0.05) is 12.1 Å². The molecule has 1 amide bonds. The van der Waals surface area contributed by atoms with Gasteiger partial charge in [0.05, 0.1) is 48.2 Å². The van der Waals surface area contributed by atoms with Crippen LogP contribution in [0.25, 0.3) is 0 Å². The summed E-state index contributed by atoms with van der Waals surface area (Å²) in [5.74, 6) is 0.407. The van der Waals surface area contributed by atoms with Gasteiger partial charge in [-0.05, 0) is 66.7 Å². The largest absolute Gasteiger partial charge is 0.495 e. The first-order valence-electron chi connectivity index (χ1n) is 11.4. The SMILES string of the molecule is COc1ccc(S(=O)(=O)Nc2ccccc2OC)cc1NC(=O)c1ccc(S(=O)(=O)NCc2ccco2)cc1. The van der Waals surface area contributed by atoms with Crippen molar-refractivity contribution < 1.29 is 35.5 Å².